The highest BCUT2D eigenvalue weighted by Crippen LogP contribution is 2.35. The average molecular weight is 496 g/mol. The molecule has 0 unspecified atom stereocenters. The van der Waals surface area contributed by atoms with Crippen molar-refractivity contribution in [3.63, 3.8) is 0 Å². The molecule has 0 bridgehead atoms. The summed E-state index contributed by atoms with van der Waals surface area (Å²) in [5.74, 6) is 5.73. The Morgan fingerprint density at radius 3 is 2.12 bits per heavy atom. The molecular formula is C24H32F3N5OS. The average Bonchev–Trinajstić information content (AvgIpc) is 2.83. The molecule has 3 rings (SSSR count). The minimum atomic E-state index is -4.34. The molecule has 2 aromatic carbocycles. The highest BCUT2D eigenvalue weighted by atomic mass is 32.2. The van der Waals surface area contributed by atoms with Crippen molar-refractivity contribution in [3.8, 4) is 11.1 Å². The second-order valence-electron chi connectivity index (χ2n) is 8.53. The number of nitrogens with two attached hydrogens (primary N) is 2. The smallest absolute Gasteiger partial charge is 0.403 e. The first-order valence-electron chi connectivity index (χ1n) is 11.1. The second kappa shape index (κ2) is 11.5. The lowest BCUT2D eigenvalue weighted by molar-refractivity contribution is -0.137. The molecule has 0 aliphatic carbocycles. The summed E-state index contributed by atoms with van der Waals surface area (Å²) in [6, 6.07) is 13.0. The van der Waals surface area contributed by atoms with Crippen molar-refractivity contribution >= 4 is 11.9 Å². The van der Waals surface area contributed by atoms with Crippen molar-refractivity contribution in [2.45, 2.75) is 30.5 Å². The standard InChI is InChI=1S/C24H32F3N5OS/c1-23(2,22(17-28)30-29)32(12-11-31-13-15-33-16-14-31)34-21-9-5-19(6-10-21)18-3-7-20(8-4-18)24(25,26)27/h3-10,17,30H,11-16,28-29H2,1-2H3/b22-17-. The summed E-state index contributed by atoms with van der Waals surface area (Å²) in [6.07, 6.45) is -2.86. The molecule has 10 heteroatoms. The van der Waals surface area contributed by atoms with Crippen LogP contribution in [-0.4, -0.2) is 54.1 Å². The van der Waals surface area contributed by atoms with Crippen LogP contribution in [0.25, 0.3) is 11.1 Å². The zero-order chi connectivity index (χ0) is 24.8. The number of hydrazine groups is 1. The summed E-state index contributed by atoms with van der Waals surface area (Å²) in [6.45, 7) is 9.00. The summed E-state index contributed by atoms with van der Waals surface area (Å²) < 4.78 is 46.2. The molecular weight excluding hydrogens is 463 g/mol. The van der Waals surface area contributed by atoms with Gasteiger partial charge in [-0.3, -0.25) is 10.7 Å². The molecule has 6 nitrogen and oxygen atoms in total. The second-order valence-corrected chi connectivity index (χ2v) is 9.63. The summed E-state index contributed by atoms with van der Waals surface area (Å²) in [5, 5.41) is 0. The van der Waals surface area contributed by atoms with E-state index in [9.17, 15) is 13.2 Å². The highest BCUT2D eigenvalue weighted by molar-refractivity contribution is 7.97. The van der Waals surface area contributed by atoms with Gasteiger partial charge in [-0.25, -0.2) is 4.31 Å². The van der Waals surface area contributed by atoms with Crippen LogP contribution in [0.1, 0.15) is 19.4 Å². The van der Waals surface area contributed by atoms with Crippen LogP contribution in [0, 0.1) is 0 Å². The number of morpholine rings is 1. The predicted octanol–water partition coefficient (Wildman–Crippen LogP) is 4.06. The van der Waals surface area contributed by atoms with Gasteiger partial charge in [0, 0.05) is 37.3 Å². The zero-order valence-electron chi connectivity index (χ0n) is 19.4. The molecule has 5 N–H and O–H groups in total. The lowest BCUT2D eigenvalue weighted by Crippen LogP contribution is -2.50. The number of hydrogen-bond donors (Lipinski definition) is 3. The molecule has 1 aliphatic rings. The Kier molecular flexibility index (Phi) is 8.89. The molecule has 186 valence electrons. The minimum Gasteiger partial charge on any atom is -0.403 e. The molecule has 0 saturated carbocycles. The first-order valence-corrected chi connectivity index (χ1v) is 11.8. The van der Waals surface area contributed by atoms with E-state index in [0.717, 1.165) is 67.5 Å². The van der Waals surface area contributed by atoms with Gasteiger partial charge in [-0.15, -0.1) is 0 Å². The summed E-state index contributed by atoms with van der Waals surface area (Å²) in [7, 11) is 0. The van der Waals surface area contributed by atoms with Gasteiger partial charge >= 0.3 is 6.18 Å². The molecule has 0 aromatic heterocycles. The fourth-order valence-electron chi connectivity index (χ4n) is 3.75. The lowest BCUT2D eigenvalue weighted by atomic mass is 10.0. The third-order valence-electron chi connectivity index (χ3n) is 5.94. The SMILES string of the molecule is CC(C)(/C(=C/N)NN)N(CCN1CCOCC1)Sc1ccc(-c2ccc(C(F)(F)F)cc2)cc1. The van der Waals surface area contributed by atoms with Gasteiger partial charge in [0.2, 0.25) is 0 Å². The summed E-state index contributed by atoms with van der Waals surface area (Å²) >= 11 is 1.59. The number of benzene rings is 2. The van der Waals surface area contributed by atoms with Gasteiger partial charge in [0.15, 0.2) is 0 Å². The predicted molar refractivity (Wildman–Crippen MR) is 130 cm³/mol. The molecule has 0 spiro atoms. The number of halogens is 3. The number of alkyl halides is 3. The Hall–Kier alpha value is -2.24. The van der Waals surface area contributed by atoms with E-state index in [1.807, 2.05) is 24.3 Å². The van der Waals surface area contributed by atoms with E-state index in [1.165, 1.54) is 18.3 Å². The number of hydrogen-bond acceptors (Lipinski definition) is 7. The van der Waals surface area contributed by atoms with Gasteiger partial charge in [-0.2, -0.15) is 13.2 Å². The molecule has 34 heavy (non-hydrogen) atoms. The molecule has 0 radical (unpaired) electrons. The largest absolute Gasteiger partial charge is 0.416 e. The third kappa shape index (κ3) is 6.67. The summed E-state index contributed by atoms with van der Waals surface area (Å²) in [4.78, 5) is 3.36. The van der Waals surface area contributed by atoms with E-state index in [4.69, 9.17) is 16.3 Å². The van der Waals surface area contributed by atoms with Gasteiger partial charge in [0.25, 0.3) is 0 Å². The topological polar surface area (TPSA) is 79.8 Å². The first-order chi connectivity index (χ1) is 16.1. The van der Waals surface area contributed by atoms with Crippen molar-refractivity contribution < 1.29 is 17.9 Å². The molecule has 1 aliphatic heterocycles. The Balaban J connectivity index is 1.75. The van der Waals surface area contributed by atoms with Crippen molar-refractivity contribution in [1.82, 2.24) is 14.6 Å². The normalized spacial score (nSPS) is 16.1. The van der Waals surface area contributed by atoms with Crippen LogP contribution in [0.15, 0.2) is 65.3 Å². The van der Waals surface area contributed by atoms with Crippen LogP contribution in [-0.2, 0) is 10.9 Å². The Bertz CT molecular complexity index is 943. The van der Waals surface area contributed by atoms with Crippen molar-refractivity contribution in [2.75, 3.05) is 39.4 Å². The quantitative estimate of drug-likeness (QED) is 0.275. The molecule has 1 saturated heterocycles. The first kappa shape index (κ1) is 26.4. The van der Waals surface area contributed by atoms with Gasteiger partial charge in [0.05, 0.1) is 30.0 Å². The maximum absolute atomic E-state index is 12.8. The maximum Gasteiger partial charge on any atom is 0.416 e. The molecule has 2 aromatic rings. The number of nitrogens with one attached hydrogen (secondary N) is 1. The molecule has 0 amide bonds. The van der Waals surface area contributed by atoms with Crippen molar-refractivity contribution in [1.29, 1.82) is 0 Å². The summed E-state index contributed by atoms with van der Waals surface area (Å²) in [5.41, 5.74) is 9.68. The van der Waals surface area contributed by atoms with Gasteiger partial charge in [-0.1, -0.05) is 24.3 Å². The highest BCUT2D eigenvalue weighted by Gasteiger charge is 2.32. The van der Waals surface area contributed by atoms with E-state index >= 15 is 0 Å². The van der Waals surface area contributed by atoms with E-state index in [2.05, 4.69) is 28.5 Å². The van der Waals surface area contributed by atoms with E-state index < -0.39 is 17.3 Å². The van der Waals surface area contributed by atoms with E-state index in [1.54, 1.807) is 11.9 Å². The lowest BCUT2D eigenvalue weighted by Gasteiger charge is -2.40. The zero-order valence-corrected chi connectivity index (χ0v) is 20.3. The minimum absolute atomic E-state index is 0.480. The van der Waals surface area contributed by atoms with Crippen LogP contribution >= 0.6 is 11.9 Å². The number of rotatable bonds is 9. The van der Waals surface area contributed by atoms with Crippen LogP contribution in [0.3, 0.4) is 0 Å². The maximum atomic E-state index is 12.8. The van der Waals surface area contributed by atoms with Gasteiger partial charge in [0.1, 0.15) is 0 Å². The van der Waals surface area contributed by atoms with Gasteiger partial charge in [-0.05, 0) is 61.2 Å². The van der Waals surface area contributed by atoms with Gasteiger partial charge < -0.3 is 15.9 Å². The van der Waals surface area contributed by atoms with E-state index in [-0.39, 0.29) is 0 Å². The molecule has 0 atom stereocenters. The Labute approximate surface area is 203 Å². The van der Waals surface area contributed by atoms with Crippen molar-refractivity contribution in [2.24, 2.45) is 11.6 Å². The van der Waals surface area contributed by atoms with E-state index in [0.29, 0.717) is 5.70 Å². The molecule has 1 fully saturated rings. The van der Waals surface area contributed by atoms with Crippen LogP contribution in [0.4, 0.5) is 13.2 Å². The van der Waals surface area contributed by atoms with Crippen molar-refractivity contribution in [3.05, 3.63) is 66.0 Å². The third-order valence-corrected chi connectivity index (χ3v) is 7.29. The number of nitrogens with zero attached hydrogens (tertiary/aromatic N) is 2. The fourth-order valence-corrected chi connectivity index (χ4v) is 4.76. The number of ether oxygens (including phenoxy) is 1. The monoisotopic (exact) mass is 495 g/mol. The van der Waals surface area contributed by atoms with Crippen LogP contribution < -0.4 is 17.0 Å². The fraction of sp³-hybridized carbons (Fsp3) is 0.417. The molecule has 1 heterocycles. The van der Waals surface area contributed by atoms with Crippen LogP contribution in [0.2, 0.25) is 0 Å². The van der Waals surface area contributed by atoms with Crippen LogP contribution in [0.5, 0.6) is 0 Å². The Morgan fingerprint density at radius 1 is 1.06 bits per heavy atom. The Morgan fingerprint density at radius 2 is 1.62 bits per heavy atom.